The van der Waals surface area contributed by atoms with Gasteiger partial charge in [0.1, 0.15) is 0 Å². The van der Waals surface area contributed by atoms with Crippen molar-refractivity contribution in [2.75, 3.05) is 25.0 Å². The third kappa shape index (κ3) is 5.90. The smallest absolute Gasteiger partial charge is 0.313 e. The van der Waals surface area contributed by atoms with Crippen LogP contribution in [0.4, 0.5) is 5.69 Å². The summed E-state index contributed by atoms with van der Waals surface area (Å²) in [7, 11) is -3.45. The van der Waals surface area contributed by atoms with Crippen LogP contribution in [0.15, 0.2) is 57.9 Å². The SMILES string of the molecule is O=C(NCCc1ccc(S(=O)(=O)N2CCCCC2)cc1)C(=O)Nc1cccc(Br)c1. The van der Waals surface area contributed by atoms with Crippen molar-refractivity contribution in [3.63, 3.8) is 0 Å². The van der Waals surface area contributed by atoms with Gasteiger partial charge in [-0.25, -0.2) is 8.42 Å². The molecule has 0 bridgehead atoms. The van der Waals surface area contributed by atoms with E-state index in [9.17, 15) is 18.0 Å². The predicted octanol–water partition coefficient (Wildman–Crippen LogP) is 2.92. The first-order chi connectivity index (χ1) is 14.4. The molecule has 0 spiro atoms. The second-order valence-corrected chi connectivity index (χ2v) is 9.93. The average molecular weight is 494 g/mol. The molecule has 0 aliphatic carbocycles. The number of carbonyl (C=O) groups is 2. The Bertz CT molecular complexity index is 1000. The van der Waals surface area contributed by atoms with Crippen LogP contribution in [-0.4, -0.2) is 44.2 Å². The van der Waals surface area contributed by atoms with Crippen LogP contribution in [0.5, 0.6) is 0 Å². The van der Waals surface area contributed by atoms with Gasteiger partial charge < -0.3 is 10.6 Å². The Kier molecular flexibility index (Phi) is 7.63. The number of anilines is 1. The van der Waals surface area contributed by atoms with Gasteiger partial charge in [0.25, 0.3) is 0 Å². The van der Waals surface area contributed by atoms with Crippen LogP contribution in [0.2, 0.25) is 0 Å². The van der Waals surface area contributed by atoms with Gasteiger partial charge in [0.15, 0.2) is 0 Å². The molecule has 0 aromatic heterocycles. The molecule has 2 aromatic carbocycles. The minimum atomic E-state index is -3.45. The number of nitrogens with one attached hydrogen (secondary N) is 2. The maximum atomic E-state index is 12.7. The lowest BCUT2D eigenvalue weighted by Gasteiger charge is -2.25. The number of hydrogen-bond acceptors (Lipinski definition) is 4. The van der Waals surface area contributed by atoms with E-state index in [4.69, 9.17) is 0 Å². The van der Waals surface area contributed by atoms with E-state index in [1.165, 1.54) is 4.31 Å². The zero-order valence-electron chi connectivity index (χ0n) is 16.4. The largest absolute Gasteiger partial charge is 0.347 e. The van der Waals surface area contributed by atoms with Crippen LogP contribution in [-0.2, 0) is 26.0 Å². The van der Waals surface area contributed by atoms with Crippen LogP contribution < -0.4 is 10.6 Å². The number of piperidine rings is 1. The number of carbonyl (C=O) groups excluding carboxylic acids is 2. The van der Waals surface area contributed by atoms with E-state index in [2.05, 4.69) is 26.6 Å². The summed E-state index contributed by atoms with van der Waals surface area (Å²) < 4.78 is 27.7. The van der Waals surface area contributed by atoms with Gasteiger partial charge in [0.2, 0.25) is 10.0 Å². The van der Waals surface area contributed by atoms with Crippen LogP contribution in [0.25, 0.3) is 0 Å². The second kappa shape index (κ2) is 10.2. The minimum absolute atomic E-state index is 0.267. The number of amides is 2. The van der Waals surface area contributed by atoms with Crippen LogP contribution in [0, 0.1) is 0 Å². The van der Waals surface area contributed by atoms with Gasteiger partial charge in [-0.3, -0.25) is 9.59 Å². The summed E-state index contributed by atoms with van der Waals surface area (Å²) in [6.45, 7) is 1.40. The topological polar surface area (TPSA) is 95.6 Å². The first-order valence-electron chi connectivity index (χ1n) is 9.80. The Balaban J connectivity index is 1.49. The number of rotatable bonds is 6. The molecule has 2 amide bonds. The third-order valence-corrected chi connectivity index (χ3v) is 7.27. The van der Waals surface area contributed by atoms with Gasteiger partial charge in [0, 0.05) is 29.8 Å². The van der Waals surface area contributed by atoms with Crippen molar-refractivity contribution in [1.29, 1.82) is 0 Å². The fraction of sp³-hybridized carbons (Fsp3) is 0.333. The summed E-state index contributed by atoms with van der Waals surface area (Å²) in [6, 6.07) is 13.6. The minimum Gasteiger partial charge on any atom is -0.347 e. The molecule has 0 unspecified atom stereocenters. The fourth-order valence-corrected chi connectivity index (χ4v) is 5.15. The maximum Gasteiger partial charge on any atom is 0.313 e. The van der Waals surface area contributed by atoms with Gasteiger partial charge in [0.05, 0.1) is 4.90 Å². The summed E-state index contributed by atoms with van der Waals surface area (Å²) in [5, 5.41) is 5.11. The molecule has 7 nitrogen and oxygen atoms in total. The molecule has 30 heavy (non-hydrogen) atoms. The average Bonchev–Trinajstić information content (AvgIpc) is 2.74. The Hall–Kier alpha value is -2.23. The predicted molar refractivity (Wildman–Crippen MR) is 119 cm³/mol. The summed E-state index contributed by atoms with van der Waals surface area (Å²) in [4.78, 5) is 24.2. The van der Waals surface area contributed by atoms with E-state index in [1.807, 2.05) is 6.07 Å². The quantitative estimate of drug-likeness (QED) is 0.604. The second-order valence-electron chi connectivity index (χ2n) is 7.08. The normalized spacial score (nSPS) is 14.8. The zero-order valence-corrected chi connectivity index (χ0v) is 18.8. The Morgan fingerprint density at radius 3 is 2.33 bits per heavy atom. The number of halogens is 1. The highest BCUT2D eigenvalue weighted by molar-refractivity contribution is 9.10. The molecule has 1 fully saturated rings. The summed E-state index contributed by atoms with van der Waals surface area (Å²) >= 11 is 3.30. The van der Waals surface area contributed by atoms with Crippen molar-refractivity contribution in [2.45, 2.75) is 30.6 Å². The lowest BCUT2D eigenvalue weighted by atomic mass is 10.1. The highest BCUT2D eigenvalue weighted by Gasteiger charge is 2.25. The van der Waals surface area contributed by atoms with E-state index in [1.54, 1.807) is 42.5 Å². The number of sulfonamides is 1. The molecule has 1 saturated heterocycles. The van der Waals surface area contributed by atoms with E-state index in [0.29, 0.717) is 25.2 Å². The molecule has 1 aliphatic heterocycles. The Morgan fingerprint density at radius 2 is 1.67 bits per heavy atom. The summed E-state index contributed by atoms with van der Waals surface area (Å²) in [5.41, 5.74) is 1.40. The van der Waals surface area contributed by atoms with Gasteiger partial charge in [-0.2, -0.15) is 4.31 Å². The summed E-state index contributed by atoms with van der Waals surface area (Å²) in [5.74, 6) is -1.46. The van der Waals surface area contributed by atoms with Crippen molar-refractivity contribution in [1.82, 2.24) is 9.62 Å². The summed E-state index contributed by atoms with van der Waals surface area (Å²) in [6.07, 6.45) is 3.34. The van der Waals surface area contributed by atoms with Gasteiger partial charge in [-0.15, -0.1) is 0 Å². The molecule has 0 atom stereocenters. The van der Waals surface area contributed by atoms with E-state index >= 15 is 0 Å². The molecule has 0 radical (unpaired) electrons. The Morgan fingerprint density at radius 1 is 0.967 bits per heavy atom. The third-order valence-electron chi connectivity index (χ3n) is 4.86. The van der Waals surface area contributed by atoms with Crippen LogP contribution in [0.3, 0.4) is 0 Å². The zero-order chi connectivity index (χ0) is 21.6. The van der Waals surface area contributed by atoms with Gasteiger partial charge in [-0.05, 0) is 55.2 Å². The van der Waals surface area contributed by atoms with Crippen molar-refractivity contribution < 1.29 is 18.0 Å². The molecule has 3 rings (SSSR count). The van der Waals surface area contributed by atoms with Crippen molar-refractivity contribution in [2.24, 2.45) is 0 Å². The van der Waals surface area contributed by atoms with E-state index in [-0.39, 0.29) is 11.4 Å². The standard InChI is InChI=1S/C21H24BrN3O4S/c22-17-5-4-6-18(15-17)24-21(27)20(26)23-12-11-16-7-9-19(10-8-16)30(28,29)25-13-2-1-3-14-25/h4-10,15H,1-3,11-14H2,(H,23,26)(H,24,27). The molecule has 9 heteroatoms. The maximum absolute atomic E-state index is 12.7. The number of nitrogens with zero attached hydrogens (tertiary/aromatic N) is 1. The molecule has 160 valence electrons. The lowest BCUT2D eigenvalue weighted by Crippen LogP contribution is -2.36. The first-order valence-corrected chi connectivity index (χ1v) is 12.0. The highest BCUT2D eigenvalue weighted by atomic mass is 79.9. The van der Waals surface area contributed by atoms with Crippen molar-refractivity contribution in [3.05, 3.63) is 58.6 Å². The van der Waals surface area contributed by atoms with Crippen LogP contribution >= 0.6 is 15.9 Å². The Labute approximate surface area is 185 Å². The molecular weight excluding hydrogens is 470 g/mol. The fourth-order valence-electron chi connectivity index (χ4n) is 3.24. The molecule has 2 N–H and O–H groups in total. The lowest BCUT2D eigenvalue weighted by molar-refractivity contribution is -0.136. The van der Waals surface area contributed by atoms with Crippen LogP contribution in [0.1, 0.15) is 24.8 Å². The van der Waals surface area contributed by atoms with Crippen molar-refractivity contribution in [3.8, 4) is 0 Å². The first kappa shape index (κ1) is 22.5. The highest BCUT2D eigenvalue weighted by Crippen LogP contribution is 2.21. The van der Waals surface area contributed by atoms with E-state index < -0.39 is 21.8 Å². The van der Waals surface area contributed by atoms with Crippen molar-refractivity contribution >= 4 is 43.5 Å². The molecule has 1 heterocycles. The van der Waals surface area contributed by atoms with Gasteiger partial charge in [-0.1, -0.05) is 40.5 Å². The monoisotopic (exact) mass is 493 g/mol. The van der Waals surface area contributed by atoms with Gasteiger partial charge >= 0.3 is 11.8 Å². The molecular formula is C21H24BrN3O4S. The number of hydrogen-bond donors (Lipinski definition) is 2. The molecule has 0 saturated carbocycles. The number of benzene rings is 2. The van der Waals surface area contributed by atoms with E-state index in [0.717, 1.165) is 29.3 Å². The molecule has 2 aromatic rings. The molecule has 1 aliphatic rings.